The van der Waals surface area contributed by atoms with Crippen LogP contribution in [-0.4, -0.2) is 72.3 Å². The van der Waals surface area contributed by atoms with E-state index >= 15 is 0 Å². The number of likely N-dealkylation sites (tertiary alicyclic amines) is 1. The molecule has 0 bridgehead atoms. The van der Waals surface area contributed by atoms with E-state index in [1.54, 1.807) is 12.1 Å². The van der Waals surface area contributed by atoms with Crippen LogP contribution in [0.25, 0.3) is 0 Å². The lowest BCUT2D eigenvalue weighted by molar-refractivity contribution is -0.125. The lowest BCUT2D eigenvalue weighted by Gasteiger charge is -2.23. The molecule has 0 saturated carbocycles. The summed E-state index contributed by atoms with van der Waals surface area (Å²) in [5, 5.41) is 2.50. The molecule has 2 atom stereocenters. The average molecular weight is 344 g/mol. The molecule has 0 radical (unpaired) electrons. The summed E-state index contributed by atoms with van der Waals surface area (Å²) < 4.78 is 0. The Morgan fingerprint density at radius 2 is 1.96 bits per heavy atom. The molecular weight excluding hydrogens is 320 g/mol. The number of benzene rings is 1. The Balaban J connectivity index is 1.80. The van der Waals surface area contributed by atoms with E-state index in [1.807, 2.05) is 31.1 Å². The van der Waals surface area contributed by atoms with Crippen molar-refractivity contribution in [3.63, 3.8) is 0 Å². The van der Waals surface area contributed by atoms with Gasteiger partial charge in [-0.15, -0.1) is 0 Å². The number of nitrogens with one attached hydrogen (secondary N) is 1. The molecule has 1 N–H and O–H groups in total. The number of likely N-dealkylation sites (N-methyl/N-ethyl adjacent to an activating group) is 1. The van der Waals surface area contributed by atoms with Crippen molar-refractivity contribution in [1.82, 2.24) is 20.0 Å². The quantitative estimate of drug-likeness (QED) is 0.819. The van der Waals surface area contributed by atoms with Gasteiger partial charge in [-0.2, -0.15) is 0 Å². The van der Waals surface area contributed by atoms with Gasteiger partial charge in [-0.05, 0) is 31.6 Å². The van der Waals surface area contributed by atoms with Crippen LogP contribution in [0, 0.1) is 5.92 Å². The third kappa shape index (κ3) is 3.37. The van der Waals surface area contributed by atoms with E-state index in [9.17, 15) is 14.4 Å². The second-order valence-corrected chi connectivity index (χ2v) is 7.01. The molecule has 7 heteroatoms. The van der Waals surface area contributed by atoms with Gasteiger partial charge in [-0.3, -0.25) is 14.5 Å². The highest BCUT2D eigenvalue weighted by Gasteiger charge is 2.35. The first-order chi connectivity index (χ1) is 11.9. The van der Waals surface area contributed by atoms with Crippen molar-refractivity contribution in [1.29, 1.82) is 0 Å². The number of hydrogen-bond acceptors (Lipinski definition) is 4. The molecule has 0 aliphatic carbocycles. The Labute approximate surface area is 147 Å². The minimum absolute atomic E-state index is 0.0170. The summed E-state index contributed by atoms with van der Waals surface area (Å²) in [6, 6.07) is 7.13. The van der Waals surface area contributed by atoms with E-state index in [0.717, 1.165) is 4.90 Å². The summed E-state index contributed by atoms with van der Waals surface area (Å²) in [6.07, 6.45) is 0. The van der Waals surface area contributed by atoms with E-state index in [2.05, 4.69) is 17.1 Å². The first-order valence-corrected chi connectivity index (χ1v) is 8.50. The molecule has 0 aromatic heterocycles. The van der Waals surface area contributed by atoms with Gasteiger partial charge in [-0.25, -0.2) is 4.79 Å². The van der Waals surface area contributed by atoms with Gasteiger partial charge in [0.25, 0.3) is 5.91 Å². The molecule has 2 fully saturated rings. The van der Waals surface area contributed by atoms with Crippen molar-refractivity contribution in [2.24, 2.45) is 5.92 Å². The van der Waals surface area contributed by atoms with Crippen molar-refractivity contribution in [2.75, 3.05) is 33.7 Å². The molecule has 4 amide bonds. The smallest absolute Gasteiger partial charge is 0.324 e. The van der Waals surface area contributed by atoms with E-state index < -0.39 is 6.03 Å². The van der Waals surface area contributed by atoms with Crippen LogP contribution in [0.3, 0.4) is 0 Å². The SMILES string of the molecule is C[C@H]1CN(C(=O)c2ccccc2CN2C(=O)CNC2=O)C[C@@H]1N(C)C. The number of amides is 4. The van der Waals surface area contributed by atoms with E-state index in [1.165, 1.54) is 0 Å². The van der Waals surface area contributed by atoms with Crippen molar-refractivity contribution in [3.05, 3.63) is 35.4 Å². The summed E-state index contributed by atoms with van der Waals surface area (Å²) in [6.45, 7) is 3.68. The molecule has 25 heavy (non-hydrogen) atoms. The highest BCUT2D eigenvalue weighted by molar-refractivity contribution is 6.02. The Hall–Kier alpha value is -2.41. The van der Waals surface area contributed by atoms with Gasteiger partial charge >= 0.3 is 6.03 Å². The van der Waals surface area contributed by atoms with Crippen LogP contribution in [0.1, 0.15) is 22.8 Å². The summed E-state index contributed by atoms with van der Waals surface area (Å²) in [5.74, 6) is 0.0885. The molecule has 3 rings (SSSR count). The van der Waals surface area contributed by atoms with Gasteiger partial charge in [0.15, 0.2) is 0 Å². The van der Waals surface area contributed by atoms with Crippen LogP contribution >= 0.6 is 0 Å². The minimum Gasteiger partial charge on any atom is -0.337 e. The van der Waals surface area contributed by atoms with Gasteiger partial charge in [0.05, 0.1) is 13.1 Å². The van der Waals surface area contributed by atoms with Crippen LogP contribution < -0.4 is 5.32 Å². The van der Waals surface area contributed by atoms with E-state index in [4.69, 9.17) is 0 Å². The second kappa shape index (κ2) is 6.84. The molecule has 1 aromatic carbocycles. The van der Waals surface area contributed by atoms with Crippen LogP contribution in [0.2, 0.25) is 0 Å². The zero-order valence-electron chi connectivity index (χ0n) is 14.9. The molecule has 7 nitrogen and oxygen atoms in total. The predicted octanol–water partition coefficient (Wildman–Crippen LogP) is 0.761. The van der Waals surface area contributed by atoms with Crippen molar-refractivity contribution in [2.45, 2.75) is 19.5 Å². The molecule has 134 valence electrons. The summed E-state index contributed by atoms with van der Waals surface area (Å²) in [5.41, 5.74) is 1.25. The average Bonchev–Trinajstić information content (AvgIpc) is 3.12. The zero-order valence-corrected chi connectivity index (χ0v) is 14.9. The lowest BCUT2D eigenvalue weighted by Crippen LogP contribution is -2.36. The number of nitrogens with zero attached hydrogens (tertiary/aromatic N) is 3. The standard InChI is InChI=1S/C18H24N4O3/c1-12-9-21(11-15(12)20(2)3)17(24)14-7-5-4-6-13(14)10-22-16(23)8-19-18(22)25/h4-7,12,15H,8-11H2,1-3H3,(H,19,25)/t12-,15-/m0/s1. The monoisotopic (exact) mass is 344 g/mol. The molecule has 2 aliphatic heterocycles. The molecule has 2 saturated heterocycles. The first kappa shape index (κ1) is 17.4. The molecule has 0 spiro atoms. The Morgan fingerprint density at radius 3 is 2.56 bits per heavy atom. The molecule has 2 aliphatic rings. The third-order valence-electron chi connectivity index (χ3n) is 5.04. The third-order valence-corrected chi connectivity index (χ3v) is 5.04. The van der Waals surface area contributed by atoms with Crippen LogP contribution in [-0.2, 0) is 11.3 Å². The van der Waals surface area contributed by atoms with Crippen LogP contribution in [0.4, 0.5) is 4.79 Å². The van der Waals surface area contributed by atoms with Crippen LogP contribution in [0.5, 0.6) is 0 Å². The molecule has 2 heterocycles. The number of carbonyl (C=O) groups is 3. The molecule has 1 aromatic rings. The van der Waals surface area contributed by atoms with Gasteiger partial charge in [-0.1, -0.05) is 25.1 Å². The predicted molar refractivity (Wildman–Crippen MR) is 92.9 cm³/mol. The second-order valence-electron chi connectivity index (χ2n) is 7.01. The van der Waals surface area contributed by atoms with Crippen molar-refractivity contribution >= 4 is 17.8 Å². The highest BCUT2D eigenvalue weighted by Crippen LogP contribution is 2.23. The Morgan fingerprint density at radius 1 is 1.24 bits per heavy atom. The van der Waals surface area contributed by atoms with E-state index in [0.29, 0.717) is 36.2 Å². The fraction of sp³-hybridized carbons (Fsp3) is 0.500. The maximum atomic E-state index is 13.0. The number of urea groups is 1. The number of imide groups is 1. The first-order valence-electron chi connectivity index (χ1n) is 8.50. The summed E-state index contributed by atoms with van der Waals surface area (Å²) in [4.78, 5) is 41.8. The Bertz CT molecular complexity index is 687. The van der Waals surface area contributed by atoms with Gasteiger partial charge in [0, 0.05) is 24.7 Å². The largest absolute Gasteiger partial charge is 0.337 e. The zero-order chi connectivity index (χ0) is 18.1. The number of hydrogen-bond donors (Lipinski definition) is 1. The summed E-state index contributed by atoms with van der Waals surface area (Å²) >= 11 is 0. The lowest BCUT2D eigenvalue weighted by atomic mass is 10.1. The van der Waals surface area contributed by atoms with Crippen molar-refractivity contribution < 1.29 is 14.4 Å². The number of rotatable bonds is 4. The van der Waals surface area contributed by atoms with Crippen molar-refractivity contribution in [3.8, 4) is 0 Å². The van der Waals surface area contributed by atoms with E-state index in [-0.39, 0.29) is 24.9 Å². The highest BCUT2D eigenvalue weighted by atomic mass is 16.2. The number of carbonyl (C=O) groups excluding carboxylic acids is 3. The summed E-state index contributed by atoms with van der Waals surface area (Å²) in [7, 11) is 4.06. The van der Waals surface area contributed by atoms with Gasteiger partial charge < -0.3 is 15.1 Å². The van der Waals surface area contributed by atoms with Gasteiger partial charge in [0.1, 0.15) is 0 Å². The fourth-order valence-corrected chi connectivity index (χ4v) is 3.61. The maximum absolute atomic E-state index is 13.0. The Kier molecular flexibility index (Phi) is 4.76. The van der Waals surface area contributed by atoms with Gasteiger partial charge in [0.2, 0.25) is 5.91 Å². The fourth-order valence-electron chi connectivity index (χ4n) is 3.61. The maximum Gasteiger partial charge on any atom is 0.324 e. The minimum atomic E-state index is -0.408. The topological polar surface area (TPSA) is 73.0 Å². The van der Waals surface area contributed by atoms with Crippen LogP contribution in [0.15, 0.2) is 24.3 Å². The normalized spacial score (nSPS) is 23.5. The molecular formula is C18H24N4O3. The molecule has 0 unspecified atom stereocenters.